The monoisotopic (exact) mass is 402 g/mol. The van der Waals surface area contributed by atoms with E-state index in [1.807, 2.05) is 0 Å². The average Bonchev–Trinajstić information content (AvgIpc) is 3.10. The highest BCUT2D eigenvalue weighted by atomic mass is 35.5. The number of carbonyl (C=O) groups is 1. The zero-order chi connectivity index (χ0) is 19.4. The lowest BCUT2D eigenvalue weighted by Crippen LogP contribution is -2.23. The molecular formula is C17H9ClN3O5S-. The minimum Gasteiger partial charge on any atom is -0.544 e. The number of nitro groups is 1. The summed E-state index contributed by atoms with van der Waals surface area (Å²) in [4.78, 5) is 21.3. The van der Waals surface area contributed by atoms with Crippen molar-refractivity contribution in [1.82, 2.24) is 10.2 Å². The molecule has 0 saturated heterocycles. The van der Waals surface area contributed by atoms with Crippen molar-refractivity contribution >= 4 is 41.1 Å². The Hall–Kier alpha value is -3.17. The van der Waals surface area contributed by atoms with Crippen LogP contribution in [-0.4, -0.2) is 21.1 Å². The van der Waals surface area contributed by atoms with Gasteiger partial charge < -0.3 is 14.3 Å². The zero-order valence-electron chi connectivity index (χ0n) is 13.4. The lowest BCUT2D eigenvalue weighted by Gasteiger charge is -2.05. The molecule has 1 aromatic heterocycles. The summed E-state index contributed by atoms with van der Waals surface area (Å²) < 4.78 is 5.45. The molecule has 8 nitrogen and oxygen atoms in total. The fourth-order valence-electron chi connectivity index (χ4n) is 2.03. The maximum Gasteiger partial charge on any atom is 0.281 e. The van der Waals surface area contributed by atoms with Gasteiger partial charge in [0.15, 0.2) is 0 Å². The molecule has 0 radical (unpaired) electrons. The molecule has 0 aliphatic heterocycles. The van der Waals surface area contributed by atoms with Crippen LogP contribution in [0.3, 0.4) is 0 Å². The largest absolute Gasteiger partial charge is 0.544 e. The summed E-state index contributed by atoms with van der Waals surface area (Å²) in [5.41, 5.74) is 0.983. The van der Waals surface area contributed by atoms with Crippen LogP contribution in [0.4, 0.5) is 5.69 Å². The molecule has 27 heavy (non-hydrogen) atoms. The van der Waals surface area contributed by atoms with Gasteiger partial charge in [-0.25, -0.2) is 0 Å². The maximum atomic E-state index is 11.4. The Morgan fingerprint density at radius 3 is 2.37 bits per heavy atom. The first kappa shape index (κ1) is 18.6. The van der Waals surface area contributed by atoms with Crippen LogP contribution >= 0.6 is 23.4 Å². The van der Waals surface area contributed by atoms with Crippen LogP contribution < -0.4 is 5.11 Å². The highest BCUT2D eigenvalue weighted by Crippen LogP contribution is 2.30. The molecule has 0 spiro atoms. The Morgan fingerprint density at radius 1 is 1.11 bits per heavy atom. The summed E-state index contributed by atoms with van der Waals surface area (Å²) in [7, 11) is 0. The second-order valence-corrected chi connectivity index (χ2v) is 6.56. The predicted molar refractivity (Wildman–Crippen MR) is 96.7 cm³/mol. The van der Waals surface area contributed by atoms with Crippen LogP contribution in [0.2, 0.25) is 5.02 Å². The van der Waals surface area contributed by atoms with Crippen molar-refractivity contribution < 1.29 is 19.2 Å². The fraction of sp³-hybridized carbons (Fsp3) is 0. The summed E-state index contributed by atoms with van der Waals surface area (Å²) in [6.07, 6.45) is 1.30. The molecule has 0 N–H and O–H groups in total. The molecule has 10 heteroatoms. The normalized spacial score (nSPS) is 11.4. The number of hydrogen-bond donors (Lipinski definition) is 0. The minimum atomic E-state index is -1.44. The molecule has 0 bridgehead atoms. The molecule has 3 aromatic rings. The minimum absolute atomic E-state index is 0.0114. The van der Waals surface area contributed by atoms with Crippen molar-refractivity contribution in [2.45, 2.75) is 5.22 Å². The Bertz CT molecular complexity index is 1020. The third kappa shape index (κ3) is 4.72. The summed E-state index contributed by atoms with van der Waals surface area (Å²) in [5, 5.41) is 30.3. The Balaban J connectivity index is 1.81. The van der Waals surface area contributed by atoms with E-state index in [1.54, 1.807) is 24.3 Å². The number of carboxylic acids is 1. The predicted octanol–water partition coefficient (Wildman–Crippen LogP) is 3.18. The van der Waals surface area contributed by atoms with Crippen LogP contribution in [0.15, 0.2) is 63.1 Å². The molecule has 0 fully saturated rings. The van der Waals surface area contributed by atoms with Gasteiger partial charge in [-0.15, -0.1) is 10.2 Å². The first-order valence-corrected chi connectivity index (χ1v) is 8.56. The number of aromatic nitrogens is 2. The van der Waals surface area contributed by atoms with E-state index in [0.717, 1.165) is 11.8 Å². The fourth-order valence-corrected chi connectivity index (χ4v) is 2.82. The molecule has 0 aliphatic carbocycles. The van der Waals surface area contributed by atoms with Crippen LogP contribution in [0.25, 0.3) is 17.5 Å². The van der Waals surface area contributed by atoms with E-state index in [-0.39, 0.29) is 21.7 Å². The first-order chi connectivity index (χ1) is 12.9. The number of hydrogen-bond acceptors (Lipinski definition) is 8. The van der Waals surface area contributed by atoms with Gasteiger partial charge in [0.25, 0.3) is 10.9 Å². The van der Waals surface area contributed by atoms with E-state index in [9.17, 15) is 20.0 Å². The number of aliphatic carboxylic acids is 1. The Labute approximate surface area is 161 Å². The molecule has 0 atom stereocenters. The van der Waals surface area contributed by atoms with Gasteiger partial charge >= 0.3 is 0 Å². The highest BCUT2D eigenvalue weighted by molar-refractivity contribution is 8.03. The first-order valence-electron chi connectivity index (χ1n) is 7.37. The molecule has 0 unspecified atom stereocenters. The standard InChI is InChI=1S/C17H10ClN3O5S/c18-12-5-3-11(4-6-12)15-19-20-17(26-15)27-14(16(22)23)9-10-1-7-13(8-2-10)21(24)25/h1-9H,(H,22,23)/p-1/b14-9+. The van der Waals surface area contributed by atoms with E-state index in [4.69, 9.17) is 16.0 Å². The molecule has 1 heterocycles. The van der Waals surface area contributed by atoms with Gasteiger partial charge in [0, 0.05) is 27.6 Å². The quantitative estimate of drug-likeness (QED) is 0.266. The van der Waals surface area contributed by atoms with E-state index in [1.165, 1.54) is 30.3 Å². The highest BCUT2D eigenvalue weighted by Gasteiger charge is 2.12. The zero-order valence-corrected chi connectivity index (χ0v) is 14.9. The summed E-state index contributed by atoms with van der Waals surface area (Å²) >= 11 is 6.54. The Kier molecular flexibility index (Phi) is 5.53. The van der Waals surface area contributed by atoms with Crippen LogP contribution in [0.1, 0.15) is 5.56 Å². The molecular weight excluding hydrogens is 394 g/mol. The molecule has 0 saturated carbocycles. The molecule has 0 amide bonds. The van der Waals surface area contributed by atoms with Crippen molar-refractivity contribution in [3.8, 4) is 11.5 Å². The maximum absolute atomic E-state index is 11.4. The molecule has 0 aliphatic rings. The number of rotatable bonds is 6. The van der Waals surface area contributed by atoms with Crippen molar-refractivity contribution in [3.05, 3.63) is 74.1 Å². The lowest BCUT2D eigenvalue weighted by atomic mass is 10.2. The average molecular weight is 403 g/mol. The van der Waals surface area contributed by atoms with Gasteiger partial charge in [-0.1, -0.05) is 11.6 Å². The lowest BCUT2D eigenvalue weighted by molar-refractivity contribution is -0.384. The molecule has 136 valence electrons. The number of non-ortho nitro benzene ring substituents is 1. The second kappa shape index (κ2) is 8.02. The third-order valence-corrected chi connectivity index (χ3v) is 4.39. The van der Waals surface area contributed by atoms with Crippen LogP contribution in [-0.2, 0) is 4.79 Å². The number of nitrogens with zero attached hydrogens (tertiary/aromatic N) is 3. The van der Waals surface area contributed by atoms with Gasteiger partial charge in [-0.05, 0) is 59.8 Å². The van der Waals surface area contributed by atoms with Gasteiger partial charge in [-0.3, -0.25) is 10.1 Å². The van der Waals surface area contributed by atoms with Crippen LogP contribution in [0, 0.1) is 10.1 Å². The van der Waals surface area contributed by atoms with Gasteiger partial charge in [0.2, 0.25) is 5.89 Å². The summed E-state index contributed by atoms with van der Waals surface area (Å²) in [5.74, 6) is -1.23. The number of carbonyl (C=O) groups excluding carboxylic acids is 1. The van der Waals surface area contributed by atoms with Crippen molar-refractivity contribution in [2.75, 3.05) is 0 Å². The Morgan fingerprint density at radius 2 is 1.78 bits per heavy atom. The molecule has 2 aromatic carbocycles. The van der Waals surface area contributed by atoms with E-state index in [0.29, 0.717) is 16.1 Å². The number of benzene rings is 2. The number of nitro benzene ring substituents is 1. The third-order valence-electron chi connectivity index (χ3n) is 3.30. The topological polar surface area (TPSA) is 122 Å². The van der Waals surface area contributed by atoms with E-state index < -0.39 is 10.9 Å². The van der Waals surface area contributed by atoms with E-state index in [2.05, 4.69) is 10.2 Å². The number of carboxylic acid groups (broad SMARTS) is 1. The van der Waals surface area contributed by atoms with Crippen LogP contribution in [0.5, 0.6) is 0 Å². The smallest absolute Gasteiger partial charge is 0.281 e. The van der Waals surface area contributed by atoms with Crippen molar-refractivity contribution in [1.29, 1.82) is 0 Å². The number of halogens is 1. The van der Waals surface area contributed by atoms with Gasteiger partial charge in [0.05, 0.1) is 10.9 Å². The van der Waals surface area contributed by atoms with Gasteiger partial charge in [0.1, 0.15) is 0 Å². The number of thioether (sulfide) groups is 1. The van der Waals surface area contributed by atoms with Crippen molar-refractivity contribution in [3.63, 3.8) is 0 Å². The summed E-state index contributed by atoms with van der Waals surface area (Å²) in [6.45, 7) is 0. The SMILES string of the molecule is O=C([O-])/C(=C\c1ccc([N+](=O)[O-])cc1)Sc1nnc(-c2ccc(Cl)cc2)o1. The summed E-state index contributed by atoms with van der Waals surface area (Å²) in [6, 6.07) is 12.1. The van der Waals surface area contributed by atoms with Crippen molar-refractivity contribution in [2.24, 2.45) is 0 Å². The molecule has 3 rings (SSSR count). The van der Waals surface area contributed by atoms with E-state index >= 15 is 0 Å². The second-order valence-electron chi connectivity index (χ2n) is 5.13. The van der Waals surface area contributed by atoms with Gasteiger partial charge in [-0.2, -0.15) is 0 Å².